The lowest BCUT2D eigenvalue weighted by molar-refractivity contribution is 0.295. The molecule has 1 aromatic rings. The van der Waals surface area contributed by atoms with Crippen LogP contribution in [0.2, 0.25) is 0 Å². The second-order valence-electron chi connectivity index (χ2n) is 4.67. The van der Waals surface area contributed by atoms with E-state index in [9.17, 15) is 13.2 Å². The molecule has 2 unspecified atom stereocenters. The van der Waals surface area contributed by atoms with Crippen molar-refractivity contribution < 1.29 is 13.2 Å². The van der Waals surface area contributed by atoms with Crippen molar-refractivity contribution in [3.63, 3.8) is 0 Å². The number of rotatable bonds is 2. The Morgan fingerprint density at radius 1 is 1.39 bits per heavy atom. The van der Waals surface area contributed by atoms with Gasteiger partial charge in [0.15, 0.2) is 11.6 Å². The zero-order valence-electron chi connectivity index (χ0n) is 9.89. The first-order valence-electron chi connectivity index (χ1n) is 5.68. The van der Waals surface area contributed by atoms with E-state index in [0.29, 0.717) is 19.5 Å². The van der Waals surface area contributed by atoms with E-state index in [1.54, 1.807) is 7.05 Å². The van der Waals surface area contributed by atoms with Crippen LogP contribution in [0.4, 0.5) is 13.2 Å². The van der Waals surface area contributed by atoms with Gasteiger partial charge in [0.2, 0.25) is 0 Å². The molecule has 6 heteroatoms. The number of nitrogens with two attached hydrogens (primary N) is 1. The van der Waals surface area contributed by atoms with Crippen molar-refractivity contribution in [1.82, 2.24) is 4.90 Å². The molecule has 1 fully saturated rings. The molecule has 0 aliphatic carbocycles. The standard InChI is InChI=1S/C12H14BrF3N2/c1-18-5-6(4-17)2-9(18)10-11(15)7(13)3-8(14)12(10)16/h3,6,9H,2,4-5,17H2,1H3. The maximum absolute atomic E-state index is 14.0. The summed E-state index contributed by atoms with van der Waals surface area (Å²) in [5, 5.41) is 0. The summed E-state index contributed by atoms with van der Waals surface area (Å²) in [6, 6.07) is 0.342. The van der Waals surface area contributed by atoms with Crippen molar-refractivity contribution in [3.8, 4) is 0 Å². The number of nitrogens with zero attached hydrogens (tertiary/aromatic N) is 1. The SMILES string of the molecule is CN1CC(CN)CC1c1c(F)c(F)cc(Br)c1F. The molecule has 0 saturated carbocycles. The van der Waals surface area contributed by atoms with E-state index in [4.69, 9.17) is 5.73 Å². The minimum Gasteiger partial charge on any atom is -0.330 e. The Labute approximate surface area is 112 Å². The smallest absolute Gasteiger partial charge is 0.166 e. The predicted molar refractivity (Wildman–Crippen MR) is 66.5 cm³/mol. The van der Waals surface area contributed by atoms with Gasteiger partial charge in [-0.15, -0.1) is 0 Å². The summed E-state index contributed by atoms with van der Waals surface area (Å²) in [6.45, 7) is 1.12. The quantitative estimate of drug-likeness (QED) is 0.848. The lowest BCUT2D eigenvalue weighted by Gasteiger charge is -2.21. The third-order valence-electron chi connectivity index (χ3n) is 3.45. The summed E-state index contributed by atoms with van der Waals surface area (Å²) in [5.41, 5.74) is 5.37. The van der Waals surface area contributed by atoms with E-state index in [1.165, 1.54) is 0 Å². The van der Waals surface area contributed by atoms with E-state index in [1.807, 2.05) is 4.90 Å². The topological polar surface area (TPSA) is 29.3 Å². The van der Waals surface area contributed by atoms with E-state index in [0.717, 1.165) is 6.07 Å². The average Bonchev–Trinajstić information content (AvgIpc) is 2.69. The molecule has 1 aromatic carbocycles. The van der Waals surface area contributed by atoms with Gasteiger partial charge in [-0.25, -0.2) is 13.2 Å². The van der Waals surface area contributed by atoms with Crippen LogP contribution in [0, 0.1) is 23.4 Å². The molecule has 1 heterocycles. The molecule has 2 N–H and O–H groups in total. The Morgan fingerprint density at radius 3 is 2.61 bits per heavy atom. The first-order valence-corrected chi connectivity index (χ1v) is 6.48. The summed E-state index contributed by atoms with van der Waals surface area (Å²) in [7, 11) is 1.76. The normalized spacial score (nSPS) is 24.8. The summed E-state index contributed by atoms with van der Waals surface area (Å²) >= 11 is 2.91. The minimum absolute atomic E-state index is 0.0546. The molecule has 0 radical (unpaired) electrons. The van der Waals surface area contributed by atoms with Gasteiger partial charge in [-0.2, -0.15) is 0 Å². The highest BCUT2D eigenvalue weighted by Gasteiger charge is 2.35. The number of hydrogen-bond donors (Lipinski definition) is 1. The van der Waals surface area contributed by atoms with Gasteiger partial charge in [-0.1, -0.05) is 0 Å². The fourth-order valence-electron chi connectivity index (χ4n) is 2.50. The van der Waals surface area contributed by atoms with Gasteiger partial charge < -0.3 is 5.73 Å². The highest BCUT2D eigenvalue weighted by atomic mass is 79.9. The van der Waals surface area contributed by atoms with Crippen LogP contribution in [-0.2, 0) is 0 Å². The minimum atomic E-state index is -1.11. The molecule has 1 saturated heterocycles. The molecule has 100 valence electrons. The number of halogens is 4. The largest absolute Gasteiger partial charge is 0.330 e. The summed E-state index contributed by atoms with van der Waals surface area (Å²) in [6.07, 6.45) is 0.538. The van der Waals surface area contributed by atoms with Crippen LogP contribution in [0.3, 0.4) is 0 Å². The van der Waals surface area contributed by atoms with Gasteiger partial charge in [0.25, 0.3) is 0 Å². The van der Waals surface area contributed by atoms with Crippen LogP contribution >= 0.6 is 15.9 Å². The molecule has 1 aliphatic rings. The number of likely N-dealkylation sites (tertiary alicyclic amines) is 1. The average molecular weight is 323 g/mol. The molecule has 0 amide bonds. The number of hydrogen-bond acceptors (Lipinski definition) is 2. The van der Waals surface area contributed by atoms with Gasteiger partial charge in [0, 0.05) is 18.2 Å². The van der Waals surface area contributed by atoms with Crippen LogP contribution in [0.1, 0.15) is 18.0 Å². The van der Waals surface area contributed by atoms with E-state index < -0.39 is 23.5 Å². The highest BCUT2D eigenvalue weighted by Crippen LogP contribution is 2.38. The summed E-state index contributed by atoms with van der Waals surface area (Å²) in [5.74, 6) is -2.70. The predicted octanol–water partition coefficient (Wildman–Crippen LogP) is 2.82. The Bertz CT molecular complexity index is 441. The molecular formula is C12H14BrF3N2. The zero-order chi connectivity index (χ0) is 13.4. The van der Waals surface area contributed by atoms with Crippen molar-refractivity contribution in [2.75, 3.05) is 20.1 Å². The second kappa shape index (κ2) is 5.19. The molecule has 2 atom stereocenters. The Morgan fingerprint density at radius 2 is 2.06 bits per heavy atom. The van der Waals surface area contributed by atoms with Crippen molar-refractivity contribution in [1.29, 1.82) is 0 Å². The van der Waals surface area contributed by atoms with Crippen LogP contribution in [0.25, 0.3) is 0 Å². The van der Waals surface area contributed by atoms with Gasteiger partial charge >= 0.3 is 0 Å². The van der Waals surface area contributed by atoms with Gasteiger partial charge in [0.05, 0.1) is 4.47 Å². The maximum atomic E-state index is 14.0. The van der Waals surface area contributed by atoms with Crippen LogP contribution in [0.15, 0.2) is 10.5 Å². The molecule has 2 rings (SSSR count). The van der Waals surface area contributed by atoms with Crippen molar-refractivity contribution in [2.45, 2.75) is 12.5 Å². The third kappa shape index (κ3) is 2.29. The Hall–Kier alpha value is -0.590. The van der Waals surface area contributed by atoms with Crippen molar-refractivity contribution in [2.24, 2.45) is 11.7 Å². The Balaban J connectivity index is 2.45. The molecule has 0 bridgehead atoms. The van der Waals surface area contributed by atoms with Gasteiger partial charge in [-0.05, 0) is 47.9 Å². The number of benzene rings is 1. The van der Waals surface area contributed by atoms with Crippen molar-refractivity contribution in [3.05, 3.63) is 33.6 Å². The van der Waals surface area contributed by atoms with Gasteiger partial charge in [0.1, 0.15) is 5.82 Å². The molecule has 0 spiro atoms. The van der Waals surface area contributed by atoms with Crippen LogP contribution < -0.4 is 5.73 Å². The summed E-state index contributed by atoms with van der Waals surface area (Å²) in [4.78, 5) is 1.81. The van der Waals surface area contributed by atoms with Crippen LogP contribution in [0.5, 0.6) is 0 Å². The molecular weight excluding hydrogens is 309 g/mol. The second-order valence-corrected chi connectivity index (χ2v) is 5.53. The lowest BCUT2D eigenvalue weighted by Crippen LogP contribution is -2.22. The molecule has 0 aromatic heterocycles. The van der Waals surface area contributed by atoms with E-state index in [-0.39, 0.29) is 16.0 Å². The van der Waals surface area contributed by atoms with Crippen molar-refractivity contribution >= 4 is 15.9 Å². The first-order chi connectivity index (χ1) is 8.45. The monoisotopic (exact) mass is 322 g/mol. The zero-order valence-corrected chi connectivity index (χ0v) is 11.5. The van der Waals surface area contributed by atoms with Crippen LogP contribution in [-0.4, -0.2) is 25.0 Å². The van der Waals surface area contributed by atoms with Gasteiger partial charge in [-0.3, -0.25) is 4.90 Å². The fourth-order valence-corrected chi connectivity index (χ4v) is 2.91. The first kappa shape index (κ1) is 13.8. The third-order valence-corrected chi connectivity index (χ3v) is 4.02. The van der Waals surface area contributed by atoms with E-state index in [2.05, 4.69) is 15.9 Å². The molecule has 1 aliphatic heterocycles. The Kier molecular flexibility index (Phi) is 3.99. The summed E-state index contributed by atoms with van der Waals surface area (Å²) < 4.78 is 41.1. The fraction of sp³-hybridized carbons (Fsp3) is 0.500. The van der Waals surface area contributed by atoms with E-state index >= 15 is 0 Å². The maximum Gasteiger partial charge on any atom is 0.166 e. The highest BCUT2D eigenvalue weighted by molar-refractivity contribution is 9.10. The molecule has 18 heavy (non-hydrogen) atoms. The lowest BCUT2D eigenvalue weighted by atomic mass is 9.99. The molecule has 2 nitrogen and oxygen atoms in total.